The van der Waals surface area contributed by atoms with Crippen molar-refractivity contribution in [1.29, 1.82) is 0 Å². The van der Waals surface area contributed by atoms with E-state index in [0.717, 1.165) is 21.9 Å². The summed E-state index contributed by atoms with van der Waals surface area (Å²) in [5.41, 5.74) is 0.709. The third kappa shape index (κ3) is 3.81. The highest BCUT2D eigenvalue weighted by atomic mass is 32.2. The fourth-order valence-corrected chi connectivity index (χ4v) is 5.35. The van der Waals surface area contributed by atoms with Gasteiger partial charge in [-0.3, -0.25) is 14.5 Å². The van der Waals surface area contributed by atoms with Crippen molar-refractivity contribution in [3.05, 3.63) is 60.4 Å². The van der Waals surface area contributed by atoms with Crippen LogP contribution in [0.4, 0.5) is 10.5 Å². The number of thioether (sulfide) groups is 1. The predicted octanol–water partition coefficient (Wildman–Crippen LogP) is 2.35. The van der Waals surface area contributed by atoms with E-state index in [1.807, 2.05) is 24.3 Å². The molecule has 1 saturated heterocycles. The van der Waals surface area contributed by atoms with Crippen LogP contribution in [0.3, 0.4) is 0 Å². The van der Waals surface area contributed by atoms with E-state index in [1.54, 1.807) is 47.9 Å². The summed E-state index contributed by atoms with van der Waals surface area (Å²) in [6, 6.07) is 14.2. The van der Waals surface area contributed by atoms with Gasteiger partial charge in [0.1, 0.15) is 18.4 Å². The molecule has 5 rings (SSSR count). The van der Waals surface area contributed by atoms with E-state index in [1.165, 1.54) is 11.0 Å². The highest BCUT2D eigenvalue weighted by Gasteiger charge is 2.50. The van der Waals surface area contributed by atoms with E-state index >= 15 is 0 Å². The standard InChI is InChI=1S/C23H23N7O3S/c1-15-10-11-28(18-8-3-4-9-19(18)34-15)20(31)13-29-21(32)23(2,25-22(29)33)16-6-5-7-17(12-16)30-14-24-26-27-30/h3-9,12,14-15H,10-11,13H2,1-2H3,(H,25,33)/t15-,23+/m1/s1. The Morgan fingerprint density at radius 2 is 2.03 bits per heavy atom. The maximum absolute atomic E-state index is 13.4. The molecule has 3 heterocycles. The minimum Gasteiger partial charge on any atom is -0.319 e. The number of hydrogen-bond acceptors (Lipinski definition) is 7. The molecule has 2 aromatic carbocycles. The third-order valence-electron chi connectivity index (χ3n) is 6.15. The Kier molecular flexibility index (Phi) is 5.56. The average molecular weight is 478 g/mol. The van der Waals surface area contributed by atoms with E-state index in [2.05, 4.69) is 27.8 Å². The van der Waals surface area contributed by atoms with Crippen molar-refractivity contribution in [3.8, 4) is 5.69 Å². The molecule has 1 aromatic heterocycles. The van der Waals surface area contributed by atoms with Crippen LogP contribution in [0.5, 0.6) is 0 Å². The normalized spacial score (nSPS) is 22.4. The summed E-state index contributed by atoms with van der Waals surface area (Å²) in [6.45, 7) is 3.96. The van der Waals surface area contributed by atoms with Gasteiger partial charge >= 0.3 is 6.03 Å². The number of para-hydroxylation sites is 1. The number of nitrogens with one attached hydrogen (secondary N) is 1. The number of anilines is 1. The number of carbonyl (C=O) groups is 3. The highest BCUT2D eigenvalue weighted by molar-refractivity contribution is 8.00. The van der Waals surface area contributed by atoms with Gasteiger partial charge in [0.05, 0.1) is 11.4 Å². The quantitative estimate of drug-likeness (QED) is 0.574. The monoisotopic (exact) mass is 477 g/mol. The fraction of sp³-hybridized carbons (Fsp3) is 0.304. The van der Waals surface area contributed by atoms with Crippen molar-refractivity contribution >= 4 is 35.3 Å². The van der Waals surface area contributed by atoms with E-state index in [4.69, 9.17) is 0 Å². The molecule has 0 unspecified atom stereocenters. The topological polar surface area (TPSA) is 113 Å². The molecule has 174 valence electrons. The third-order valence-corrected chi connectivity index (χ3v) is 7.39. The molecule has 10 nitrogen and oxygen atoms in total. The minimum atomic E-state index is -1.32. The van der Waals surface area contributed by atoms with Crippen LogP contribution in [-0.2, 0) is 15.1 Å². The zero-order valence-corrected chi connectivity index (χ0v) is 19.5. The molecule has 0 spiro atoms. The van der Waals surface area contributed by atoms with E-state index in [9.17, 15) is 14.4 Å². The Hall–Kier alpha value is -3.73. The number of imide groups is 1. The molecule has 2 aliphatic heterocycles. The number of amides is 4. The zero-order valence-electron chi connectivity index (χ0n) is 18.7. The van der Waals surface area contributed by atoms with Crippen LogP contribution in [0.1, 0.15) is 25.8 Å². The molecule has 3 aromatic rings. The highest BCUT2D eigenvalue weighted by Crippen LogP contribution is 2.37. The Labute approximate surface area is 200 Å². The van der Waals surface area contributed by atoms with Crippen LogP contribution in [0, 0.1) is 0 Å². The number of rotatable bonds is 4. The Morgan fingerprint density at radius 1 is 1.21 bits per heavy atom. The SMILES string of the molecule is C[C@@H]1CCN(C(=O)CN2C(=O)N[C@@](C)(c3cccc(-n4cnnn4)c3)C2=O)c2ccccc2S1. The first-order chi connectivity index (χ1) is 16.4. The van der Waals surface area contributed by atoms with Crippen molar-refractivity contribution in [1.82, 2.24) is 30.4 Å². The summed E-state index contributed by atoms with van der Waals surface area (Å²) in [7, 11) is 0. The maximum Gasteiger partial charge on any atom is 0.325 e. The number of carbonyl (C=O) groups excluding carboxylic acids is 3. The lowest BCUT2D eigenvalue weighted by molar-refractivity contribution is -0.134. The summed E-state index contributed by atoms with van der Waals surface area (Å²) >= 11 is 1.73. The van der Waals surface area contributed by atoms with Gasteiger partial charge in [0.25, 0.3) is 5.91 Å². The minimum absolute atomic E-state index is 0.294. The van der Waals surface area contributed by atoms with Crippen LogP contribution < -0.4 is 10.2 Å². The average Bonchev–Trinajstić information content (AvgIpc) is 3.39. The van der Waals surface area contributed by atoms with Crippen molar-refractivity contribution in [2.24, 2.45) is 0 Å². The number of urea groups is 1. The van der Waals surface area contributed by atoms with Crippen molar-refractivity contribution < 1.29 is 14.4 Å². The number of benzene rings is 2. The summed E-state index contributed by atoms with van der Waals surface area (Å²) in [5, 5.41) is 14.3. The second kappa shape index (κ2) is 8.56. The molecule has 2 atom stereocenters. The number of aromatic nitrogens is 4. The van der Waals surface area contributed by atoms with Crippen LogP contribution in [-0.4, -0.2) is 61.3 Å². The second-order valence-corrected chi connectivity index (χ2v) is 9.96. The first-order valence-electron chi connectivity index (χ1n) is 10.9. The van der Waals surface area contributed by atoms with Gasteiger partial charge in [-0.2, -0.15) is 0 Å². The summed E-state index contributed by atoms with van der Waals surface area (Å²) in [5.74, 6) is -0.775. The number of fused-ring (bicyclic) bond motifs is 1. The molecular weight excluding hydrogens is 454 g/mol. The Bertz CT molecular complexity index is 1260. The van der Waals surface area contributed by atoms with Crippen molar-refractivity contribution in [2.45, 2.75) is 36.0 Å². The van der Waals surface area contributed by atoms with Gasteiger partial charge in [-0.1, -0.05) is 31.2 Å². The van der Waals surface area contributed by atoms with E-state index < -0.39 is 17.5 Å². The van der Waals surface area contributed by atoms with Gasteiger partial charge in [-0.25, -0.2) is 9.48 Å². The van der Waals surface area contributed by atoms with Crippen molar-refractivity contribution in [3.63, 3.8) is 0 Å². The lowest BCUT2D eigenvalue weighted by atomic mass is 9.91. The van der Waals surface area contributed by atoms with Crippen LogP contribution in [0.15, 0.2) is 59.8 Å². The molecule has 0 radical (unpaired) electrons. The smallest absolute Gasteiger partial charge is 0.319 e. The van der Waals surface area contributed by atoms with Crippen LogP contribution >= 0.6 is 11.8 Å². The van der Waals surface area contributed by atoms with Crippen LogP contribution in [0.25, 0.3) is 5.69 Å². The molecule has 1 fully saturated rings. The van der Waals surface area contributed by atoms with Gasteiger partial charge in [0.2, 0.25) is 5.91 Å². The maximum atomic E-state index is 13.4. The molecule has 2 aliphatic rings. The lowest BCUT2D eigenvalue weighted by Crippen LogP contribution is -2.45. The predicted molar refractivity (Wildman–Crippen MR) is 125 cm³/mol. The number of hydrogen-bond donors (Lipinski definition) is 1. The Balaban J connectivity index is 1.39. The molecule has 1 N–H and O–H groups in total. The molecule has 4 amide bonds. The fourth-order valence-electron chi connectivity index (χ4n) is 4.24. The second-order valence-electron chi connectivity index (χ2n) is 8.48. The van der Waals surface area contributed by atoms with Crippen molar-refractivity contribution in [2.75, 3.05) is 18.0 Å². The van der Waals surface area contributed by atoms with Gasteiger partial charge < -0.3 is 10.2 Å². The molecule has 0 bridgehead atoms. The molecule has 34 heavy (non-hydrogen) atoms. The van der Waals surface area contributed by atoms with Gasteiger partial charge in [-0.15, -0.1) is 16.9 Å². The number of nitrogens with zero attached hydrogens (tertiary/aromatic N) is 6. The van der Waals surface area contributed by atoms with Crippen LogP contribution in [0.2, 0.25) is 0 Å². The number of tetrazole rings is 1. The summed E-state index contributed by atoms with van der Waals surface area (Å²) in [6.07, 6.45) is 2.26. The van der Waals surface area contributed by atoms with E-state index in [-0.39, 0.29) is 12.5 Å². The lowest BCUT2D eigenvalue weighted by Gasteiger charge is -2.25. The first-order valence-corrected chi connectivity index (χ1v) is 11.8. The first kappa shape index (κ1) is 22.1. The van der Waals surface area contributed by atoms with Gasteiger partial charge in [0, 0.05) is 16.7 Å². The molecular formula is C23H23N7O3S. The largest absolute Gasteiger partial charge is 0.325 e. The summed E-state index contributed by atoms with van der Waals surface area (Å²) < 4.78 is 1.46. The zero-order chi connectivity index (χ0) is 23.9. The van der Waals surface area contributed by atoms with E-state index in [0.29, 0.717) is 23.0 Å². The van der Waals surface area contributed by atoms with Gasteiger partial charge in [0.15, 0.2) is 0 Å². The van der Waals surface area contributed by atoms with Gasteiger partial charge in [-0.05, 0) is 53.6 Å². The molecule has 11 heteroatoms. The summed E-state index contributed by atoms with van der Waals surface area (Å²) in [4.78, 5) is 43.3. The molecule has 0 aliphatic carbocycles. The molecule has 0 saturated carbocycles. The Morgan fingerprint density at radius 3 is 2.82 bits per heavy atom.